The van der Waals surface area contributed by atoms with Gasteiger partial charge in [0.15, 0.2) is 17.7 Å². The third-order valence-corrected chi connectivity index (χ3v) is 15.3. The molecule has 2 aromatic rings. The molecule has 2 amide bonds. The molecule has 3 rings (SSSR count). The molecule has 2 aromatic heterocycles. The molecule has 1 aliphatic rings. The van der Waals surface area contributed by atoms with Crippen LogP contribution in [0, 0.1) is 5.41 Å². The van der Waals surface area contributed by atoms with Crippen molar-refractivity contribution in [2.24, 2.45) is 5.41 Å². The summed E-state index contributed by atoms with van der Waals surface area (Å²) in [6.45, 7) is 0.959. The molecule has 0 spiro atoms. The van der Waals surface area contributed by atoms with Gasteiger partial charge in [0.05, 0.1) is 12.9 Å². The smallest absolute Gasteiger partial charge is 0.386 e. The minimum absolute atomic E-state index is 0.0336. The van der Waals surface area contributed by atoms with Crippen molar-refractivity contribution in [3.05, 3.63) is 12.7 Å². The summed E-state index contributed by atoms with van der Waals surface area (Å²) in [5.41, 5.74) is 8.66. The number of phosphoric acid groups is 3. The van der Waals surface area contributed by atoms with Gasteiger partial charge in [0.2, 0.25) is 0 Å². The van der Waals surface area contributed by atoms with E-state index >= 15 is 0 Å². The summed E-state index contributed by atoms with van der Waals surface area (Å²) in [5, 5.41) is 26.4. The predicted molar refractivity (Wildman–Crippen MR) is 180 cm³/mol. The number of aliphatic hydroxyl groups is 2. The average Bonchev–Trinajstić information content (AvgIpc) is 3.57. The van der Waals surface area contributed by atoms with E-state index in [1.54, 1.807) is 0 Å². The molecule has 23 nitrogen and oxygen atoms in total. The van der Waals surface area contributed by atoms with Crippen molar-refractivity contribution in [2.45, 2.75) is 62.3 Å². The number of ether oxygens (including phenoxy) is 1. The van der Waals surface area contributed by atoms with Crippen molar-refractivity contribution in [1.82, 2.24) is 30.2 Å². The number of hydrogen-bond donors (Lipinski definition) is 9. The molecule has 0 bridgehead atoms. The van der Waals surface area contributed by atoms with Gasteiger partial charge in [0.1, 0.15) is 30.2 Å². The Hall–Kier alpha value is -1.55. The van der Waals surface area contributed by atoms with Crippen LogP contribution in [0.4, 0.5) is 5.82 Å². The van der Waals surface area contributed by atoms with Gasteiger partial charge in [-0.1, -0.05) is 0 Å². The van der Waals surface area contributed by atoms with E-state index in [0.29, 0.717) is 6.54 Å². The van der Waals surface area contributed by atoms with E-state index in [4.69, 9.17) is 19.5 Å². The van der Waals surface area contributed by atoms with E-state index in [1.165, 1.54) is 13.8 Å². The molecule has 290 valence electrons. The monoisotopic (exact) mass is 871 g/mol. The third kappa shape index (κ3) is 13.4. The van der Waals surface area contributed by atoms with Gasteiger partial charge in [0.25, 0.3) is 0 Å². The van der Waals surface area contributed by atoms with Gasteiger partial charge in [0, 0.05) is 0 Å². The second kappa shape index (κ2) is 18.2. The SMILES string of the molecule is C[As](C)SCCNC(=O)CCNC(=O)[C@H](O)C(C)(C)COP(=O)(O)OP(=O)(O)OC[C@H]1O[C@@H](n2cnc3c(N)ncnc32)[C@H](O)[C@@H]1OP(=O)(O)O. The molecule has 0 saturated carbocycles. The number of nitrogens with zero attached hydrogens (tertiary/aromatic N) is 4. The van der Waals surface area contributed by atoms with Crippen molar-refractivity contribution >= 4 is 75.8 Å². The van der Waals surface area contributed by atoms with Crippen molar-refractivity contribution in [2.75, 3.05) is 37.8 Å². The molecule has 51 heavy (non-hydrogen) atoms. The Morgan fingerprint density at radius 3 is 2.41 bits per heavy atom. The molecule has 1 aliphatic heterocycles. The number of imidazole rings is 1. The Morgan fingerprint density at radius 2 is 1.76 bits per heavy atom. The molecule has 1 saturated heterocycles. The molecule has 3 heterocycles. The van der Waals surface area contributed by atoms with Gasteiger partial charge in [-0.25, -0.2) is 28.6 Å². The van der Waals surface area contributed by atoms with Gasteiger partial charge < -0.3 is 35.2 Å². The first kappa shape index (κ1) is 43.8. The first-order valence-corrected chi connectivity index (χ1v) is 26.2. The van der Waals surface area contributed by atoms with E-state index in [1.807, 2.05) is 10.0 Å². The minimum atomic E-state index is -5.54. The number of nitrogens with two attached hydrogens (primary N) is 1. The number of anilines is 1. The molecule has 10 N–H and O–H groups in total. The zero-order valence-corrected chi connectivity index (χ0v) is 33.0. The fourth-order valence-corrected chi connectivity index (χ4v) is 10.6. The summed E-state index contributed by atoms with van der Waals surface area (Å²) in [6, 6.07) is 0. The summed E-state index contributed by atoms with van der Waals surface area (Å²) in [4.78, 5) is 75.2. The molecule has 0 aromatic carbocycles. The van der Waals surface area contributed by atoms with Crippen LogP contribution in [-0.4, -0.2) is 131 Å². The Balaban J connectivity index is 1.55. The number of fused-ring (bicyclic) bond motifs is 1. The van der Waals surface area contributed by atoms with E-state index in [0.717, 1.165) is 23.0 Å². The van der Waals surface area contributed by atoms with Crippen molar-refractivity contribution in [3.63, 3.8) is 0 Å². The quantitative estimate of drug-likeness (QED) is 0.0455. The minimum Gasteiger partial charge on any atom is -0.386 e. The van der Waals surface area contributed by atoms with Crippen LogP contribution in [0.3, 0.4) is 0 Å². The molecule has 0 radical (unpaired) electrons. The fraction of sp³-hybridized carbons (Fsp3) is 0.696. The van der Waals surface area contributed by atoms with Crippen LogP contribution in [0.1, 0.15) is 26.5 Å². The molecule has 7 atom stereocenters. The second-order valence-electron chi connectivity index (χ2n) is 11.7. The number of hydrogen-bond acceptors (Lipinski definition) is 17. The molecular formula is C23H41AsN7O16P3S. The zero-order valence-electron chi connectivity index (χ0n) is 27.6. The van der Waals surface area contributed by atoms with Gasteiger partial charge in [-0.3, -0.25) is 18.1 Å². The van der Waals surface area contributed by atoms with E-state index < -0.39 is 92.1 Å². The number of carbonyl (C=O) groups is 2. The number of nitrogen functional groups attached to an aromatic ring is 1. The van der Waals surface area contributed by atoms with Crippen LogP contribution in [0.25, 0.3) is 11.2 Å². The summed E-state index contributed by atoms with van der Waals surface area (Å²) >= 11 is -0.870. The fourth-order valence-electron chi connectivity index (χ4n) is 4.36. The van der Waals surface area contributed by atoms with Crippen LogP contribution in [0.5, 0.6) is 0 Å². The predicted octanol–water partition coefficient (Wildman–Crippen LogP) is -0.611. The van der Waals surface area contributed by atoms with E-state index in [9.17, 15) is 53.1 Å². The van der Waals surface area contributed by atoms with Crippen LogP contribution in [0.2, 0.25) is 11.4 Å². The summed E-state index contributed by atoms with van der Waals surface area (Å²) in [7, 11) is -14.5. The number of aromatic nitrogens is 4. The molecule has 0 aliphatic carbocycles. The standard InChI is InChI=1S/C23H41AsN7O16P3S/c1-23(2,18(34)21(35)27-6-5-14(32)26-7-8-51-24(3)4)10-44-50(41,42)47-49(39,40)43-9-13-17(46-48(36,37)38)16(33)22(45-13)31-12-30-15-19(25)28-11-29-20(15)31/h11-13,16-18,22,33-34H,5-10H2,1-4H3,(H,26,32)(H,27,35)(H,39,40)(H,41,42)(H2,25,28,29)(H2,36,37,38)/t13-,16-,17-,18+,22-/m1/s1. The molecular weight excluding hydrogens is 830 g/mol. The Bertz CT molecular complexity index is 1670. The Morgan fingerprint density at radius 1 is 1.10 bits per heavy atom. The Labute approximate surface area is 299 Å². The third-order valence-electron chi connectivity index (χ3n) is 6.85. The maximum absolute atomic E-state index is 12.6. The summed E-state index contributed by atoms with van der Waals surface area (Å²) in [6.07, 6.45) is -6.68. The molecule has 2 unspecified atom stereocenters. The molecule has 1 fully saturated rings. The normalized spacial score (nSPS) is 22.8. The summed E-state index contributed by atoms with van der Waals surface area (Å²) < 4.78 is 62.0. The van der Waals surface area contributed by atoms with Crippen molar-refractivity contribution < 1.29 is 75.7 Å². The number of nitrogens with one attached hydrogen (secondary N) is 2. The second-order valence-corrected chi connectivity index (χ2v) is 25.4. The number of carbonyl (C=O) groups excluding carboxylic acids is 2. The summed E-state index contributed by atoms with van der Waals surface area (Å²) in [5.74, 6) is -0.484. The number of phosphoric ester groups is 3. The van der Waals surface area contributed by atoms with Gasteiger partial charge in [-0.2, -0.15) is 4.31 Å². The van der Waals surface area contributed by atoms with Gasteiger partial charge in [-0.15, -0.1) is 0 Å². The van der Waals surface area contributed by atoms with Crippen LogP contribution in [-0.2, 0) is 45.9 Å². The number of rotatable bonds is 20. The van der Waals surface area contributed by atoms with E-state index in [2.05, 4.69) is 45.8 Å². The van der Waals surface area contributed by atoms with Crippen LogP contribution in [0.15, 0.2) is 12.7 Å². The number of amides is 2. The van der Waals surface area contributed by atoms with E-state index in [-0.39, 0.29) is 35.9 Å². The average molecular weight is 872 g/mol. The first-order valence-electron chi connectivity index (χ1n) is 14.7. The van der Waals surface area contributed by atoms with Gasteiger partial charge >= 0.3 is 153 Å². The van der Waals surface area contributed by atoms with Gasteiger partial charge in [-0.05, 0) is 0 Å². The first-order chi connectivity index (χ1) is 23.5. The zero-order chi connectivity index (χ0) is 38.4. The molecule has 28 heteroatoms. The van der Waals surface area contributed by atoms with Crippen molar-refractivity contribution in [3.8, 4) is 0 Å². The topological polar surface area (TPSA) is 347 Å². The Kier molecular flexibility index (Phi) is 15.6. The van der Waals surface area contributed by atoms with Crippen LogP contribution >= 0.6 is 33.5 Å². The van der Waals surface area contributed by atoms with Crippen molar-refractivity contribution in [1.29, 1.82) is 0 Å². The maximum atomic E-state index is 12.6. The van der Waals surface area contributed by atoms with Crippen LogP contribution < -0.4 is 16.4 Å². The number of aliphatic hydroxyl groups excluding tert-OH is 2.